The topological polar surface area (TPSA) is 80.5 Å². The van der Waals surface area contributed by atoms with Gasteiger partial charge in [0.15, 0.2) is 0 Å². The molecule has 2 amide bonds. The Morgan fingerprint density at radius 3 is 2.62 bits per heavy atom. The Hall–Kier alpha value is -2.50. The Morgan fingerprint density at radius 2 is 2.04 bits per heavy atom. The second-order valence-corrected chi connectivity index (χ2v) is 7.15. The number of amides is 2. The number of rotatable bonds is 4. The molecule has 0 radical (unpaired) electrons. The van der Waals surface area contributed by atoms with Crippen LogP contribution in [0.3, 0.4) is 0 Å². The molecular weight excluding hydrogens is 308 g/mol. The summed E-state index contributed by atoms with van der Waals surface area (Å²) in [5, 5.41) is 10.9. The largest absolute Gasteiger partial charge is 0.278 e. The lowest BCUT2D eigenvalue weighted by molar-refractivity contribution is -0.384. The molecule has 3 aliphatic rings. The van der Waals surface area contributed by atoms with Gasteiger partial charge >= 0.3 is 0 Å². The van der Waals surface area contributed by atoms with E-state index in [9.17, 15) is 19.7 Å². The van der Waals surface area contributed by atoms with Gasteiger partial charge in [-0.15, -0.1) is 0 Å². The number of carbonyl (C=O) groups excluding carboxylic acids is 2. The average Bonchev–Trinajstić information content (AvgIpc) is 3.23. The van der Waals surface area contributed by atoms with E-state index in [1.165, 1.54) is 18.2 Å². The van der Waals surface area contributed by atoms with Gasteiger partial charge in [0, 0.05) is 18.1 Å². The summed E-state index contributed by atoms with van der Waals surface area (Å²) in [5.74, 6) is 0.311. The first kappa shape index (κ1) is 15.1. The van der Waals surface area contributed by atoms with Crippen molar-refractivity contribution in [3.8, 4) is 0 Å². The van der Waals surface area contributed by atoms with Gasteiger partial charge in [0.1, 0.15) is 0 Å². The maximum atomic E-state index is 13.1. The van der Waals surface area contributed by atoms with Crippen LogP contribution in [0.25, 0.3) is 0 Å². The van der Waals surface area contributed by atoms with Gasteiger partial charge < -0.3 is 0 Å². The summed E-state index contributed by atoms with van der Waals surface area (Å²) in [7, 11) is 0. The predicted octanol–water partition coefficient (Wildman–Crippen LogP) is 2.93. The number of nitro benzene ring substituents is 1. The van der Waals surface area contributed by atoms with Gasteiger partial charge in [-0.1, -0.05) is 25.1 Å². The highest BCUT2D eigenvalue weighted by Gasteiger charge is 2.67. The molecule has 6 nitrogen and oxygen atoms in total. The SMILES string of the molecule is CC1C(C(=O)N(C=O)c2cccc([N+](=O)[O-])c2)C2C=CC1C21CC1. The second kappa shape index (κ2) is 5.00. The van der Waals surface area contributed by atoms with Crippen molar-refractivity contribution < 1.29 is 14.5 Å². The third kappa shape index (κ3) is 1.89. The van der Waals surface area contributed by atoms with Crippen LogP contribution in [0.2, 0.25) is 0 Å². The molecule has 24 heavy (non-hydrogen) atoms. The molecule has 1 spiro atoms. The molecule has 4 atom stereocenters. The minimum atomic E-state index is -0.529. The van der Waals surface area contributed by atoms with Gasteiger partial charge in [-0.2, -0.15) is 0 Å². The van der Waals surface area contributed by atoms with Gasteiger partial charge in [0.05, 0.1) is 10.6 Å². The number of benzene rings is 1. The summed E-state index contributed by atoms with van der Waals surface area (Å²) in [6.45, 7) is 2.08. The van der Waals surface area contributed by atoms with Crippen LogP contribution < -0.4 is 4.90 Å². The molecule has 0 N–H and O–H groups in total. The number of carbonyl (C=O) groups is 2. The lowest BCUT2D eigenvalue weighted by Gasteiger charge is -2.27. The zero-order valence-electron chi connectivity index (χ0n) is 13.3. The van der Waals surface area contributed by atoms with Crippen molar-refractivity contribution >= 4 is 23.7 Å². The van der Waals surface area contributed by atoms with Crippen molar-refractivity contribution in [2.45, 2.75) is 19.8 Å². The molecule has 0 aromatic heterocycles. The number of nitrogens with zero attached hydrogens (tertiary/aromatic N) is 2. The van der Waals surface area contributed by atoms with Crippen molar-refractivity contribution in [1.82, 2.24) is 0 Å². The Bertz CT molecular complexity index is 768. The van der Waals surface area contributed by atoms with Crippen molar-refractivity contribution in [3.63, 3.8) is 0 Å². The van der Waals surface area contributed by atoms with Gasteiger partial charge in [-0.05, 0) is 42.1 Å². The van der Waals surface area contributed by atoms with Crippen LogP contribution in [0, 0.1) is 39.2 Å². The standard InChI is InChI=1S/C18H18N2O4/c1-11-14-5-6-15(18(14)7-8-18)16(11)17(22)19(10-21)12-3-2-4-13(9-12)20(23)24/h2-6,9-11,14-16H,7-8H2,1H3. The van der Waals surface area contributed by atoms with Crippen LogP contribution in [0.4, 0.5) is 11.4 Å². The molecule has 2 bridgehead atoms. The fraction of sp³-hybridized carbons (Fsp3) is 0.444. The minimum absolute atomic E-state index is 0.133. The summed E-state index contributed by atoms with van der Waals surface area (Å²) >= 11 is 0. The van der Waals surface area contributed by atoms with Gasteiger partial charge in [-0.3, -0.25) is 24.6 Å². The zero-order chi connectivity index (χ0) is 17.1. The molecule has 3 aliphatic carbocycles. The summed E-state index contributed by atoms with van der Waals surface area (Å²) in [4.78, 5) is 36.1. The van der Waals surface area contributed by atoms with Crippen LogP contribution in [-0.4, -0.2) is 17.2 Å². The summed E-state index contributed by atoms with van der Waals surface area (Å²) in [6.07, 6.45) is 7.12. The van der Waals surface area contributed by atoms with E-state index in [-0.39, 0.29) is 40.5 Å². The number of imide groups is 1. The molecular formula is C18H18N2O4. The van der Waals surface area contributed by atoms with Gasteiger partial charge in [-0.25, -0.2) is 0 Å². The van der Waals surface area contributed by atoms with Crippen molar-refractivity contribution in [3.05, 3.63) is 46.5 Å². The lowest BCUT2D eigenvalue weighted by atomic mass is 9.83. The highest BCUT2D eigenvalue weighted by Crippen LogP contribution is 2.72. The van der Waals surface area contributed by atoms with Crippen LogP contribution in [0.5, 0.6) is 0 Å². The highest BCUT2D eigenvalue weighted by atomic mass is 16.6. The van der Waals surface area contributed by atoms with Crippen LogP contribution in [-0.2, 0) is 9.59 Å². The van der Waals surface area contributed by atoms with Crippen LogP contribution in [0.15, 0.2) is 36.4 Å². The molecule has 1 aromatic rings. The summed E-state index contributed by atoms with van der Waals surface area (Å²) in [5.41, 5.74) is 0.358. The van der Waals surface area contributed by atoms with Gasteiger partial charge in [0.25, 0.3) is 5.69 Å². The summed E-state index contributed by atoms with van der Waals surface area (Å²) in [6, 6.07) is 5.66. The Morgan fingerprint density at radius 1 is 1.33 bits per heavy atom. The quantitative estimate of drug-likeness (QED) is 0.369. The van der Waals surface area contributed by atoms with Crippen molar-refractivity contribution in [1.29, 1.82) is 0 Å². The van der Waals surface area contributed by atoms with Gasteiger partial charge in [0.2, 0.25) is 12.3 Å². The maximum Gasteiger partial charge on any atom is 0.271 e. The van der Waals surface area contributed by atoms with E-state index in [1.54, 1.807) is 6.07 Å². The number of anilines is 1. The average molecular weight is 326 g/mol. The Kier molecular flexibility index (Phi) is 3.13. The molecule has 2 fully saturated rings. The molecule has 1 aromatic carbocycles. The monoisotopic (exact) mass is 326 g/mol. The first-order valence-electron chi connectivity index (χ1n) is 8.21. The van der Waals surface area contributed by atoms with Crippen molar-refractivity contribution in [2.24, 2.45) is 29.1 Å². The molecule has 124 valence electrons. The number of non-ortho nitro benzene ring substituents is 1. The smallest absolute Gasteiger partial charge is 0.271 e. The van der Waals surface area contributed by atoms with E-state index in [2.05, 4.69) is 19.1 Å². The third-order valence-electron chi connectivity index (χ3n) is 6.15. The van der Waals surface area contributed by atoms with E-state index >= 15 is 0 Å². The fourth-order valence-electron chi connectivity index (χ4n) is 4.92. The first-order chi connectivity index (χ1) is 11.5. The van der Waals surface area contributed by atoms with E-state index in [0.717, 1.165) is 17.7 Å². The van der Waals surface area contributed by atoms with Crippen LogP contribution in [0.1, 0.15) is 19.8 Å². The highest BCUT2D eigenvalue weighted by molar-refractivity contribution is 6.08. The second-order valence-electron chi connectivity index (χ2n) is 7.15. The third-order valence-corrected chi connectivity index (χ3v) is 6.15. The van der Waals surface area contributed by atoms with E-state index in [1.807, 2.05) is 0 Å². The van der Waals surface area contributed by atoms with E-state index in [4.69, 9.17) is 0 Å². The molecule has 0 saturated heterocycles. The lowest BCUT2D eigenvalue weighted by Crippen LogP contribution is -2.39. The van der Waals surface area contributed by atoms with E-state index < -0.39 is 4.92 Å². The molecule has 0 heterocycles. The molecule has 4 unspecified atom stereocenters. The molecule has 2 saturated carbocycles. The van der Waals surface area contributed by atoms with Crippen LogP contribution >= 0.6 is 0 Å². The Labute approximate surface area is 139 Å². The normalized spacial score (nSPS) is 31.2. The van der Waals surface area contributed by atoms with E-state index in [0.29, 0.717) is 12.3 Å². The number of nitro groups is 1. The number of hydrogen-bond donors (Lipinski definition) is 0. The first-order valence-corrected chi connectivity index (χ1v) is 8.21. The minimum Gasteiger partial charge on any atom is -0.278 e. The number of allylic oxidation sites excluding steroid dienone is 2. The summed E-state index contributed by atoms with van der Waals surface area (Å²) < 4.78 is 0. The maximum absolute atomic E-state index is 13.1. The van der Waals surface area contributed by atoms with Crippen molar-refractivity contribution in [2.75, 3.05) is 4.90 Å². The fourth-order valence-corrected chi connectivity index (χ4v) is 4.92. The molecule has 4 rings (SSSR count). The molecule has 6 heteroatoms. The number of hydrogen-bond acceptors (Lipinski definition) is 4. The Balaban J connectivity index is 1.66. The zero-order valence-corrected chi connectivity index (χ0v) is 13.3. The molecule has 0 aliphatic heterocycles. The predicted molar refractivity (Wildman–Crippen MR) is 87.1 cm³/mol.